The Morgan fingerprint density at radius 1 is 1.41 bits per heavy atom. The lowest BCUT2D eigenvalue weighted by Gasteiger charge is -2.23. The second-order valence-corrected chi connectivity index (χ2v) is 6.79. The summed E-state index contributed by atoms with van der Waals surface area (Å²) >= 11 is 1.88. The highest BCUT2D eigenvalue weighted by molar-refractivity contribution is 7.99. The summed E-state index contributed by atoms with van der Waals surface area (Å²) in [6, 6.07) is 7.78. The zero-order valence-corrected chi connectivity index (χ0v) is 13.3. The van der Waals surface area contributed by atoms with E-state index in [1.165, 1.54) is 0 Å². The second-order valence-electron chi connectivity index (χ2n) is 5.64. The predicted molar refractivity (Wildman–Crippen MR) is 90.4 cm³/mol. The van der Waals surface area contributed by atoms with E-state index >= 15 is 0 Å². The van der Waals surface area contributed by atoms with E-state index in [0.717, 1.165) is 42.4 Å². The van der Waals surface area contributed by atoms with E-state index < -0.39 is 0 Å². The molecule has 2 saturated heterocycles. The molecule has 22 heavy (non-hydrogen) atoms. The number of para-hydroxylation sites is 2. The molecule has 0 spiro atoms. The lowest BCUT2D eigenvalue weighted by molar-refractivity contribution is -0.117. The Kier molecular flexibility index (Phi) is 5.00. The Bertz CT molecular complexity index is 558. The van der Waals surface area contributed by atoms with Gasteiger partial charge in [-0.15, -0.1) is 0 Å². The predicted octanol–water partition coefficient (Wildman–Crippen LogP) is 1.85. The Balaban J connectivity index is 1.66. The number of carbonyl (C=O) groups excluding carboxylic acids is 2. The van der Waals surface area contributed by atoms with Crippen molar-refractivity contribution in [3.05, 3.63) is 24.3 Å². The third-order valence-corrected chi connectivity index (χ3v) is 5.10. The molecule has 3 rings (SSSR count). The number of nitrogens with zero attached hydrogens (tertiary/aromatic N) is 1. The lowest BCUT2D eigenvalue weighted by Crippen LogP contribution is -2.40. The smallest absolute Gasteiger partial charge is 0.227 e. The Morgan fingerprint density at radius 3 is 3.00 bits per heavy atom. The molecule has 2 aliphatic rings. The number of carbonyl (C=O) groups is 2. The molecule has 6 heteroatoms. The number of nitrogens with one attached hydrogen (secondary N) is 2. The maximum Gasteiger partial charge on any atom is 0.227 e. The van der Waals surface area contributed by atoms with Crippen LogP contribution in [0.5, 0.6) is 0 Å². The number of amides is 2. The van der Waals surface area contributed by atoms with Crippen LogP contribution >= 0.6 is 11.8 Å². The number of hydrogen-bond donors (Lipinski definition) is 2. The third-order valence-electron chi connectivity index (χ3n) is 3.97. The van der Waals surface area contributed by atoms with Gasteiger partial charge in [0.25, 0.3) is 0 Å². The molecular formula is C16H21N3O2S. The highest BCUT2D eigenvalue weighted by atomic mass is 32.2. The van der Waals surface area contributed by atoms with Gasteiger partial charge in [0.05, 0.1) is 11.4 Å². The van der Waals surface area contributed by atoms with E-state index in [9.17, 15) is 9.59 Å². The van der Waals surface area contributed by atoms with E-state index in [0.29, 0.717) is 12.8 Å². The first-order valence-corrected chi connectivity index (χ1v) is 8.90. The molecular weight excluding hydrogens is 298 g/mol. The fourth-order valence-electron chi connectivity index (χ4n) is 2.89. The number of thioether (sulfide) groups is 1. The molecule has 0 aliphatic carbocycles. The van der Waals surface area contributed by atoms with Crippen LogP contribution in [-0.4, -0.2) is 42.5 Å². The minimum absolute atomic E-state index is 0.000837. The van der Waals surface area contributed by atoms with E-state index in [-0.39, 0.29) is 17.9 Å². The minimum Gasteiger partial charge on any atom is -0.324 e. The normalized spacial score (nSPS) is 21.9. The maximum absolute atomic E-state index is 12.3. The van der Waals surface area contributed by atoms with Gasteiger partial charge in [-0.25, -0.2) is 0 Å². The molecule has 1 aromatic carbocycles. The fourth-order valence-corrected chi connectivity index (χ4v) is 3.84. The van der Waals surface area contributed by atoms with Crippen LogP contribution in [0.2, 0.25) is 0 Å². The van der Waals surface area contributed by atoms with Gasteiger partial charge in [-0.2, -0.15) is 11.8 Å². The number of rotatable bonds is 4. The monoisotopic (exact) mass is 319 g/mol. The first-order valence-electron chi connectivity index (χ1n) is 7.74. The Labute approximate surface area is 134 Å². The van der Waals surface area contributed by atoms with Crippen LogP contribution < -0.4 is 15.5 Å². The summed E-state index contributed by atoms with van der Waals surface area (Å²) in [6.45, 7) is 1.69. The van der Waals surface area contributed by atoms with E-state index in [1.807, 2.05) is 36.0 Å². The first-order chi connectivity index (χ1) is 10.7. The number of hydrogen-bond acceptors (Lipinski definition) is 4. The second kappa shape index (κ2) is 7.15. The van der Waals surface area contributed by atoms with Crippen molar-refractivity contribution in [2.45, 2.75) is 25.3 Å². The largest absolute Gasteiger partial charge is 0.324 e. The highest BCUT2D eigenvalue weighted by Crippen LogP contribution is 2.29. The number of anilines is 2. The fraction of sp³-hybridized carbons (Fsp3) is 0.500. The van der Waals surface area contributed by atoms with Gasteiger partial charge in [-0.3, -0.25) is 9.59 Å². The molecule has 2 heterocycles. The molecule has 2 amide bonds. The SMILES string of the molecule is O=C(CC1CSCCN1)Nc1ccccc1N1CCCC1=O. The van der Waals surface area contributed by atoms with Crippen LogP contribution in [-0.2, 0) is 9.59 Å². The zero-order valence-electron chi connectivity index (χ0n) is 12.5. The Hall–Kier alpha value is -1.53. The summed E-state index contributed by atoms with van der Waals surface area (Å²) < 4.78 is 0. The van der Waals surface area contributed by atoms with Gasteiger partial charge >= 0.3 is 0 Å². The molecule has 2 N–H and O–H groups in total. The van der Waals surface area contributed by atoms with Crippen LogP contribution in [0.4, 0.5) is 11.4 Å². The topological polar surface area (TPSA) is 61.4 Å². The van der Waals surface area contributed by atoms with Crippen LogP contribution in [0.3, 0.4) is 0 Å². The van der Waals surface area contributed by atoms with Crippen LogP contribution in [0.25, 0.3) is 0 Å². The summed E-state index contributed by atoms with van der Waals surface area (Å²) in [5, 5.41) is 6.34. The van der Waals surface area contributed by atoms with Gasteiger partial charge in [-0.1, -0.05) is 12.1 Å². The van der Waals surface area contributed by atoms with Crippen molar-refractivity contribution in [1.82, 2.24) is 5.32 Å². The molecule has 0 aromatic heterocycles. The van der Waals surface area contributed by atoms with Crippen molar-refractivity contribution in [2.24, 2.45) is 0 Å². The van der Waals surface area contributed by atoms with E-state index in [2.05, 4.69) is 10.6 Å². The third kappa shape index (κ3) is 3.62. The summed E-state index contributed by atoms with van der Waals surface area (Å²) in [5.74, 6) is 2.21. The molecule has 2 aliphatic heterocycles. The molecule has 2 fully saturated rings. The van der Waals surface area contributed by atoms with Gasteiger partial charge in [0.2, 0.25) is 11.8 Å². The van der Waals surface area contributed by atoms with Gasteiger partial charge < -0.3 is 15.5 Å². The van der Waals surface area contributed by atoms with E-state index in [4.69, 9.17) is 0 Å². The highest BCUT2D eigenvalue weighted by Gasteiger charge is 2.24. The average Bonchev–Trinajstić information content (AvgIpc) is 2.95. The van der Waals surface area contributed by atoms with Crippen molar-refractivity contribution in [3.63, 3.8) is 0 Å². The van der Waals surface area contributed by atoms with Crippen molar-refractivity contribution in [3.8, 4) is 0 Å². The molecule has 0 radical (unpaired) electrons. The molecule has 1 atom stereocenters. The first kappa shape index (κ1) is 15.4. The number of benzene rings is 1. The van der Waals surface area contributed by atoms with Crippen LogP contribution in [0.1, 0.15) is 19.3 Å². The summed E-state index contributed by atoms with van der Waals surface area (Å²) in [5.41, 5.74) is 1.54. The average molecular weight is 319 g/mol. The van der Waals surface area contributed by atoms with E-state index in [1.54, 1.807) is 4.90 Å². The molecule has 118 valence electrons. The van der Waals surface area contributed by atoms with Crippen LogP contribution in [0.15, 0.2) is 24.3 Å². The van der Waals surface area contributed by atoms with Crippen molar-refractivity contribution >= 4 is 35.0 Å². The summed E-state index contributed by atoms with van der Waals surface area (Å²) in [7, 11) is 0. The molecule has 1 unspecified atom stereocenters. The maximum atomic E-state index is 12.3. The molecule has 5 nitrogen and oxygen atoms in total. The standard InChI is InChI=1S/C16H21N3O2S/c20-15(10-12-11-22-9-7-17-12)18-13-4-1-2-5-14(13)19-8-3-6-16(19)21/h1-2,4-5,12,17H,3,6-11H2,(H,18,20). The molecule has 1 aromatic rings. The van der Waals surface area contributed by atoms with Crippen molar-refractivity contribution in [2.75, 3.05) is 34.8 Å². The van der Waals surface area contributed by atoms with Crippen molar-refractivity contribution < 1.29 is 9.59 Å². The Morgan fingerprint density at radius 2 is 2.27 bits per heavy atom. The minimum atomic E-state index is -0.000837. The summed E-state index contributed by atoms with van der Waals surface area (Å²) in [6.07, 6.45) is 1.94. The van der Waals surface area contributed by atoms with Crippen molar-refractivity contribution in [1.29, 1.82) is 0 Å². The zero-order chi connectivity index (χ0) is 15.4. The summed E-state index contributed by atoms with van der Waals surface area (Å²) in [4.78, 5) is 26.0. The lowest BCUT2D eigenvalue weighted by atomic mass is 10.2. The molecule has 0 bridgehead atoms. The molecule has 0 saturated carbocycles. The van der Waals surface area contributed by atoms with Gasteiger partial charge in [0.1, 0.15) is 0 Å². The quantitative estimate of drug-likeness (QED) is 0.889. The van der Waals surface area contributed by atoms with Gasteiger partial charge in [0, 0.05) is 43.5 Å². The van der Waals surface area contributed by atoms with Gasteiger partial charge in [-0.05, 0) is 18.6 Å². The van der Waals surface area contributed by atoms with Crippen LogP contribution in [0, 0.1) is 0 Å². The van der Waals surface area contributed by atoms with Gasteiger partial charge in [0.15, 0.2) is 0 Å².